The third-order valence-electron chi connectivity index (χ3n) is 3.00. The summed E-state index contributed by atoms with van der Waals surface area (Å²) in [6.07, 6.45) is 3.90. The minimum atomic E-state index is -0.238. The van der Waals surface area contributed by atoms with Crippen LogP contribution in [0.5, 0.6) is 5.75 Å². The van der Waals surface area contributed by atoms with Crippen molar-refractivity contribution < 1.29 is 9.13 Å². The number of nitrogens with one attached hydrogen (secondary N) is 1. The Kier molecular flexibility index (Phi) is 5.86. The lowest BCUT2D eigenvalue weighted by Crippen LogP contribution is -2.29. The number of hydrogen-bond acceptors (Lipinski definition) is 2. The number of methoxy groups -OCH3 is 1. The van der Waals surface area contributed by atoms with Gasteiger partial charge in [0.25, 0.3) is 0 Å². The van der Waals surface area contributed by atoms with Gasteiger partial charge in [0.1, 0.15) is 11.6 Å². The van der Waals surface area contributed by atoms with Crippen molar-refractivity contribution in [1.29, 1.82) is 0 Å². The molecule has 0 amide bonds. The van der Waals surface area contributed by atoms with Crippen LogP contribution in [-0.2, 0) is 0 Å². The Balaban J connectivity index is 2.73. The van der Waals surface area contributed by atoms with Gasteiger partial charge >= 0.3 is 0 Å². The van der Waals surface area contributed by atoms with Crippen molar-refractivity contribution in [3.05, 3.63) is 42.2 Å². The maximum Gasteiger partial charge on any atom is 0.123 e. The molecular formula is C15H22FNO. The Hall–Kier alpha value is -1.35. The zero-order valence-electron chi connectivity index (χ0n) is 11.4. The minimum Gasteiger partial charge on any atom is -0.496 e. The normalized spacial score (nSPS) is 14.0. The maximum atomic E-state index is 13.3. The second kappa shape index (κ2) is 7.17. The lowest BCUT2D eigenvalue weighted by Gasteiger charge is -2.21. The summed E-state index contributed by atoms with van der Waals surface area (Å²) in [5.41, 5.74) is 0.850. The smallest absolute Gasteiger partial charge is 0.123 e. The van der Waals surface area contributed by atoms with Gasteiger partial charge in [-0.05, 0) is 44.9 Å². The summed E-state index contributed by atoms with van der Waals surface area (Å²) in [6.45, 7) is 7.84. The summed E-state index contributed by atoms with van der Waals surface area (Å²) in [4.78, 5) is 0. The molecule has 1 N–H and O–H groups in total. The van der Waals surface area contributed by atoms with Crippen LogP contribution in [0.1, 0.15) is 38.3 Å². The molecule has 0 bridgehead atoms. The highest BCUT2D eigenvalue weighted by Gasteiger charge is 2.14. The van der Waals surface area contributed by atoms with Crippen LogP contribution in [0.4, 0.5) is 4.39 Å². The van der Waals surface area contributed by atoms with Crippen molar-refractivity contribution in [2.24, 2.45) is 0 Å². The maximum absolute atomic E-state index is 13.3. The second-order valence-electron chi connectivity index (χ2n) is 4.54. The van der Waals surface area contributed by atoms with Gasteiger partial charge in [-0.25, -0.2) is 4.39 Å². The van der Waals surface area contributed by atoms with E-state index in [2.05, 4.69) is 18.8 Å². The fraction of sp³-hybridized carbons (Fsp3) is 0.467. The van der Waals surface area contributed by atoms with Gasteiger partial charge in [0.05, 0.1) is 7.11 Å². The van der Waals surface area contributed by atoms with E-state index in [1.165, 1.54) is 12.1 Å². The molecule has 0 aliphatic rings. The summed E-state index contributed by atoms with van der Waals surface area (Å²) in [6, 6.07) is 5.01. The molecule has 0 aromatic heterocycles. The first-order valence-electron chi connectivity index (χ1n) is 6.28. The van der Waals surface area contributed by atoms with Gasteiger partial charge in [-0.3, -0.25) is 0 Å². The Bertz CT molecular complexity index is 392. The summed E-state index contributed by atoms with van der Waals surface area (Å²) < 4.78 is 18.5. The SMILES string of the molecule is C=CCCC(C)NC(C)c1cc(F)ccc1OC. The van der Waals surface area contributed by atoms with Gasteiger partial charge in [-0.1, -0.05) is 6.08 Å². The van der Waals surface area contributed by atoms with Crippen LogP contribution < -0.4 is 10.1 Å². The number of allylic oxidation sites excluding steroid dienone is 1. The Morgan fingerprint density at radius 3 is 2.78 bits per heavy atom. The Labute approximate surface area is 109 Å². The number of halogens is 1. The fourth-order valence-electron chi connectivity index (χ4n) is 2.01. The summed E-state index contributed by atoms with van der Waals surface area (Å²) >= 11 is 0. The Morgan fingerprint density at radius 1 is 1.44 bits per heavy atom. The van der Waals surface area contributed by atoms with Crippen molar-refractivity contribution in [3.63, 3.8) is 0 Å². The molecule has 2 nitrogen and oxygen atoms in total. The first kappa shape index (κ1) is 14.7. The molecule has 3 heteroatoms. The van der Waals surface area contributed by atoms with E-state index >= 15 is 0 Å². The van der Waals surface area contributed by atoms with Crippen LogP contribution in [0.25, 0.3) is 0 Å². The van der Waals surface area contributed by atoms with E-state index in [9.17, 15) is 4.39 Å². The predicted molar refractivity (Wildman–Crippen MR) is 73.4 cm³/mol. The molecule has 0 heterocycles. The van der Waals surface area contributed by atoms with Crippen LogP contribution in [0.2, 0.25) is 0 Å². The van der Waals surface area contributed by atoms with Gasteiger partial charge < -0.3 is 10.1 Å². The highest BCUT2D eigenvalue weighted by atomic mass is 19.1. The average Bonchev–Trinajstić information content (AvgIpc) is 2.36. The van der Waals surface area contributed by atoms with E-state index in [4.69, 9.17) is 4.74 Å². The largest absolute Gasteiger partial charge is 0.496 e. The molecular weight excluding hydrogens is 229 g/mol. The highest BCUT2D eigenvalue weighted by molar-refractivity contribution is 5.36. The molecule has 1 aromatic rings. The molecule has 0 aliphatic carbocycles. The van der Waals surface area contributed by atoms with Gasteiger partial charge in [-0.15, -0.1) is 6.58 Å². The molecule has 0 radical (unpaired) electrons. The standard InChI is InChI=1S/C15H22FNO/c1-5-6-7-11(2)17-12(3)14-10-13(16)8-9-15(14)18-4/h5,8-12,17H,1,6-7H2,2-4H3. The van der Waals surface area contributed by atoms with Crippen molar-refractivity contribution in [2.45, 2.75) is 38.8 Å². The minimum absolute atomic E-state index is 0.0514. The molecule has 0 fully saturated rings. The molecule has 2 atom stereocenters. The molecule has 1 aromatic carbocycles. The molecule has 100 valence electrons. The monoisotopic (exact) mass is 251 g/mol. The van der Waals surface area contributed by atoms with Gasteiger partial charge in [0.15, 0.2) is 0 Å². The predicted octanol–water partition coefficient (Wildman–Crippen LogP) is 3.84. The molecule has 2 unspecified atom stereocenters. The molecule has 1 rings (SSSR count). The van der Waals surface area contributed by atoms with E-state index in [0.717, 1.165) is 18.4 Å². The first-order valence-corrected chi connectivity index (χ1v) is 6.28. The average molecular weight is 251 g/mol. The number of rotatable bonds is 7. The van der Waals surface area contributed by atoms with E-state index in [0.29, 0.717) is 11.8 Å². The summed E-state index contributed by atoms with van der Waals surface area (Å²) in [5, 5.41) is 3.44. The van der Waals surface area contributed by atoms with Crippen LogP contribution in [-0.4, -0.2) is 13.2 Å². The third kappa shape index (κ3) is 4.15. The van der Waals surface area contributed by atoms with Gasteiger partial charge in [0.2, 0.25) is 0 Å². The van der Waals surface area contributed by atoms with Crippen molar-refractivity contribution in [3.8, 4) is 5.75 Å². The van der Waals surface area contributed by atoms with E-state index < -0.39 is 0 Å². The van der Waals surface area contributed by atoms with Crippen molar-refractivity contribution >= 4 is 0 Å². The van der Waals surface area contributed by atoms with Crippen molar-refractivity contribution in [1.82, 2.24) is 5.32 Å². The molecule has 0 aliphatic heterocycles. The Morgan fingerprint density at radius 2 is 2.17 bits per heavy atom. The van der Waals surface area contributed by atoms with Gasteiger partial charge in [-0.2, -0.15) is 0 Å². The molecule has 0 spiro atoms. The zero-order valence-corrected chi connectivity index (χ0v) is 11.4. The number of benzene rings is 1. The summed E-state index contributed by atoms with van der Waals surface area (Å²) in [7, 11) is 1.60. The van der Waals surface area contributed by atoms with Crippen LogP contribution in [0.15, 0.2) is 30.9 Å². The van der Waals surface area contributed by atoms with Gasteiger partial charge in [0, 0.05) is 17.6 Å². The second-order valence-corrected chi connectivity index (χ2v) is 4.54. The molecule has 0 saturated heterocycles. The quantitative estimate of drug-likeness (QED) is 0.743. The fourth-order valence-corrected chi connectivity index (χ4v) is 2.01. The lowest BCUT2D eigenvalue weighted by atomic mass is 10.0. The first-order chi connectivity index (χ1) is 8.58. The highest BCUT2D eigenvalue weighted by Crippen LogP contribution is 2.26. The topological polar surface area (TPSA) is 21.3 Å². The zero-order chi connectivity index (χ0) is 13.5. The van der Waals surface area contributed by atoms with E-state index in [1.54, 1.807) is 13.2 Å². The van der Waals surface area contributed by atoms with Crippen LogP contribution in [0.3, 0.4) is 0 Å². The van der Waals surface area contributed by atoms with Crippen LogP contribution in [0, 0.1) is 5.82 Å². The molecule has 0 saturated carbocycles. The third-order valence-corrected chi connectivity index (χ3v) is 3.00. The lowest BCUT2D eigenvalue weighted by molar-refractivity contribution is 0.391. The number of ether oxygens (including phenoxy) is 1. The van der Waals surface area contributed by atoms with Crippen molar-refractivity contribution in [2.75, 3.05) is 7.11 Å². The van der Waals surface area contributed by atoms with E-state index in [1.807, 2.05) is 13.0 Å². The molecule has 18 heavy (non-hydrogen) atoms. The summed E-state index contributed by atoms with van der Waals surface area (Å²) in [5.74, 6) is 0.477. The van der Waals surface area contributed by atoms with E-state index in [-0.39, 0.29) is 11.9 Å². The van der Waals surface area contributed by atoms with Crippen LogP contribution >= 0.6 is 0 Å². The number of hydrogen-bond donors (Lipinski definition) is 1.